The molecular weight excluding hydrogens is 416 g/mol. The molecule has 0 spiro atoms. The van der Waals surface area contributed by atoms with Crippen LogP contribution in [0.3, 0.4) is 0 Å². The summed E-state index contributed by atoms with van der Waals surface area (Å²) in [4.78, 5) is 42.0. The van der Waals surface area contributed by atoms with Gasteiger partial charge in [0.05, 0.1) is 0 Å². The van der Waals surface area contributed by atoms with E-state index >= 15 is 0 Å². The van der Waals surface area contributed by atoms with Crippen LogP contribution in [0.2, 0.25) is 0 Å². The summed E-state index contributed by atoms with van der Waals surface area (Å²) in [5, 5.41) is 6.07. The van der Waals surface area contributed by atoms with Gasteiger partial charge in [-0.3, -0.25) is 14.6 Å². The van der Waals surface area contributed by atoms with Crippen molar-refractivity contribution < 1.29 is 4.79 Å². The SMILES string of the molecule is O=C(NC1CCC(c2ccccc2)CC1)c1[nH]c(=O)[nH]c(=O)c1NCCCc1ccccc1. The first-order valence-corrected chi connectivity index (χ1v) is 11.6. The maximum Gasteiger partial charge on any atom is 0.326 e. The highest BCUT2D eigenvalue weighted by molar-refractivity contribution is 5.97. The van der Waals surface area contributed by atoms with Crippen LogP contribution in [-0.4, -0.2) is 28.5 Å². The van der Waals surface area contributed by atoms with Crippen molar-refractivity contribution in [3.63, 3.8) is 0 Å². The Morgan fingerprint density at radius 2 is 1.55 bits per heavy atom. The average molecular weight is 447 g/mol. The molecule has 1 heterocycles. The monoisotopic (exact) mass is 446 g/mol. The molecule has 1 aromatic heterocycles. The highest BCUT2D eigenvalue weighted by Gasteiger charge is 2.25. The number of nitrogens with one attached hydrogen (secondary N) is 4. The lowest BCUT2D eigenvalue weighted by molar-refractivity contribution is 0.0921. The van der Waals surface area contributed by atoms with E-state index in [0.29, 0.717) is 12.5 Å². The minimum atomic E-state index is -0.687. The summed E-state index contributed by atoms with van der Waals surface area (Å²) in [5.74, 6) is 0.0764. The molecule has 1 fully saturated rings. The van der Waals surface area contributed by atoms with Crippen molar-refractivity contribution in [2.75, 3.05) is 11.9 Å². The van der Waals surface area contributed by atoms with Crippen LogP contribution in [0.4, 0.5) is 5.69 Å². The number of amides is 1. The topological polar surface area (TPSA) is 107 Å². The van der Waals surface area contributed by atoms with Crippen molar-refractivity contribution in [1.29, 1.82) is 0 Å². The Kier molecular flexibility index (Phi) is 7.40. The van der Waals surface area contributed by atoms with Gasteiger partial charge in [-0.05, 0) is 55.6 Å². The number of hydrogen-bond donors (Lipinski definition) is 4. The molecule has 172 valence electrons. The molecule has 0 saturated heterocycles. The van der Waals surface area contributed by atoms with Crippen molar-refractivity contribution in [2.24, 2.45) is 0 Å². The van der Waals surface area contributed by atoms with Crippen LogP contribution in [0.25, 0.3) is 0 Å². The Hall–Kier alpha value is -3.61. The van der Waals surface area contributed by atoms with E-state index in [4.69, 9.17) is 0 Å². The maximum atomic E-state index is 13.0. The van der Waals surface area contributed by atoms with Gasteiger partial charge in [-0.2, -0.15) is 0 Å². The minimum Gasteiger partial charge on any atom is -0.379 e. The van der Waals surface area contributed by atoms with Crippen LogP contribution in [0.1, 0.15) is 59.6 Å². The Labute approximate surface area is 192 Å². The minimum absolute atomic E-state index is 0.00589. The third kappa shape index (κ3) is 6.00. The molecule has 1 aliphatic carbocycles. The highest BCUT2D eigenvalue weighted by atomic mass is 16.2. The molecule has 7 heteroatoms. The third-order valence-electron chi connectivity index (χ3n) is 6.29. The van der Waals surface area contributed by atoms with Crippen molar-refractivity contribution in [2.45, 2.75) is 50.5 Å². The van der Waals surface area contributed by atoms with Crippen LogP contribution >= 0.6 is 0 Å². The Balaban J connectivity index is 1.36. The molecule has 2 aromatic carbocycles. The number of aromatic nitrogens is 2. The Morgan fingerprint density at radius 1 is 0.879 bits per heavy atom. The van der Waals surface area contributed by atoms with E-state index in [9.17, 15) is 14.4 Å². The summed E-state index contributed by atoms with van der Waals surface area (Å²) in [7, 11) is 0. The fourth-order valence-electron chi connectivity index (χ4n) is 4.53. The molecule has 3 aromatic rings. The van der Waals surface area contributed by atoms with Gasteiger partial charge in [0.1, 0.15) is 11.4 Å². The fraction of sp³-hybridized carbons (Fsp3) is 0.346. The molecule has 0 atom stereocenters. The van der Waals surface area contributed by atoms with E-state index in [1.54, 1.807) is 0 Å². The summed E-state index contributed by atoms with van der Waals surface area (Å²) in [5.41, 5.74) is 1.37. The Morgan fingerprint density at radius 3 is 2.24 bits per heavy atom. The zero-order valence-electron chi connectivity index (χ0n) is 18.6. The van der Waals surface area contributed by atoms with Crippen molar-refractivity contribution in [1.82, 2.24) is 15.3 Å². The van der Waals surface area contributed by atoms with Gasteiger partial charge in [0, 0.05) is 12.6 Å². The van der Waals surface area contributed by atoms with Crippen molar-refractivity contribution in [3.8, 4) is 0 Å². The molecule has 0 unspecified atom stereocenters. The molecule has 4 rings (SSSR count). The third-order valence-corrected chi connectivity index (χ3v) is 6.29. The lowest BCUT2D eigenvalue weighted by atomic mass is 9.82. The summed E-state index contributed by atoms with van der Waals surface area (Å²) in [6.07, 6.45) is 5.34. The van der Waals surface area contributed by atoms with Gasteiger partial charge in [0.15, 0.2) is 0 Å². The van der Waals surface area contributed by atoms with E-state index in [2.05, 4.69) is 57.0 Å². The summed E-state index contributed by atoms with van der Waals surface area (Å²) >= 11 is 0. The molecule has 0 bridgehead atoms. The van der Waals surface area contributed by atoms with Gasteiger partial charge in [0.25, 0.3) is 11.5 Å². The van der Waals surface area contributed by atoms with E-state index in [1.807, 2.05) is 24.3 Å². The number of carbonyl (C=O) groups excluding carboxylic acids is 1. The number of benzene rings is 2. The van der Waals surface area contributed by atoms with E-state index in [0.717, 1.165) is 38.5 Å². The average Bonchev–Trinajstić information content (AvgIpc) is 2.84. The van der Waals surface area contributed by atoms with Crippen LogP contribution in [0.5, 0.6) is 0 Å². The largest absolute Gasteiger partial charge is 0.379 e. The Bertz CT molecular complexity index is 1160. The standard InChI is InChI=1S/C26H30N4O3/c31-24-22(27-17-7-10-18-8-3-1-4-9-18)23(29-26(33)30-24)25(32)28-21-15-13-20(14-16-21)19-11-5-2-6-12-19/h1-6,8-9,11-12,20-21,27H,7,10,13-17H2,(H,28,32)(H2,29,30,31,33). The first-order valence-electron chi connectivity index (χ1n) is 11.6. The molecule has 7 nitrogen and oxygen atoms in total. The van der Waals surface area contributed by atoms with Crippen LogP contribution in [-0.2, 0) is 6.42 Å². The summed E-state index contributed by atoms with van der Waals surface area (Å²) in [6.45, 7) is 0.506. The van der Waals surface area contributed by atoms with Gasteiger partial charge in [-0.25, -0.2) is 4.79 Å². The first kappa shape index (κ1) is 22.6. The molecule has 0 aliphatic heterocycles. The quantitative estimate of drug-likeness (QED) is 0.397. The number of hydrogen-bond acceptors (Lipinski definition) is 4. The molecule has 1 saturated carbocycles. The second-order valence-corrected chi connectivity index (χ2v) is 8.61. The van der Waals surface area contributed by atoms with E-state index in [1.165, 1.54) is 11.1 Å². The van der Waals surface area contributed by atoms with Crippen LogP contribution < -0.4 is 21.9 Å². The van der Waals surface area contributed by atoms with Gasteiger partial charge in [-0.15, -0.1) is 0 Å². The molecular formula is C26H30N4O3. The number of aromatic amines is 2. The maximum absolute atomic E-state index is 13.0. The van der Waals surface area contributed by atoms with Gasteiger partial charge in [-0.1, -0.05) is 60.7 Å². The zero-order chi connectivity index (χ0) is 23.0. The number of carbonyl (C=O) groups is 1. The second-order valence-electron chi connectivity index (χ2n) is 8.61. The molecule has 33 heavy (non-hydrogen) atoms. The van der Waals surface area contributed by atoms with Crippen molar-refractivity contribution in [3.05, 3.63) is 98.3 Å². The van der Waals surface area contributed by atoms with E-state index in [-0.39, 0.29) is 17.4 Å². The van der Waals surface area contributed by atoms with Crippen LogP contribution in [0.15, 0.2) is 70.3 Å². The van der Waals surface area contributed by atoms with Gasteiger partial charge in [0.2, 0.25) is 0 Å². The number of anilines is 1. The fourth-order valence-corrected chi connectivity index (χ4v) is 4.53. The lowest BCUT2D eigenvalue weighted by Gasteiger charge is -2.29. The number of rotatable bonds is 8. The molecule has 1 aliphatic rings. The molecule has 0 radical (unpaired) electrons. The number of H-pyrrole nitrogens is 2. The van der Waals surface area contributed by atoms with Crippen LogP contribution in [0, 0.1) is 0 Å². The van der Waals surface area contributed by atoms with E-state index < -0.39 is 17.2 Å². The van der Waals surface area contributed by atoms with Crippen molar-refractivity contribution >= 4 is 11.6 Å². The number of aryl methyl sites for hydroxylation is 1. The predicted octanol–water partition coefficient (Wildman–Crippen LogP) is 3.56. The first-order chi connectivity index (χ1) is 16.1. The highest BCUT2D eigenvalue weighted by Crippen LogP contribution is 2.32. The summed E-state index contributed by atoms with van der Waals surface area (Å²) in [6, 6.07) is 20.5. The molecule has 1 amide bonds. The normalized spacial score (nSPS) is 17.9. The molecule has 4 N–H and O–H groups in total. The predicted molar refractivity (Wildman–Crippen MR) is 130 cm³/mol. The van der Waals surface area contributed by atoms with Gasteiger partial charge < -0.3 is 15.6 Å². The smallest absolute Gasteiger partial charge is 0.326 e. The van der Waals surface area contributed by atoms with Gasteiger partial charge >= 0.3 is 5.69 Å². The summed E-state index contributed by atoms with van der Waals surface area (Å²) < 4.78 is 0. The zero-order valence-corrected chi connectivity index (χ0v) is 18.6. The lowest BCUT2D eigenvalue weighted by Crippen LogP contribution is -2.40. The second kappa shape index (κ2) is 10.8.